The summed E-state index contributed by atoms with van der Waals surface area (Å²) in [4.78, 5) is 12.2. The summed E-state index contributed by atoms with van der Waals surface area (Å²) >= 11 is 0. The number of nitrogens with zero attached hydrogens (tertiary/aromatic N) is 3. The molecule has 0 saturated heterocycles. The van der Waals surface area contributed by atoms with Crippen LogP contribution in [0, 0.1) is 5.21 Å². The number of nitrogens with one attached hydrogen (secondary N) is 2. The van der Waals surface area contributed by atoms with E-state index in [0.717, 1.165) is 23.1 Å². The van der Waals surface area contributed by atoms with Crippen molar-refractivity contribution >= 4 is 28.3 Å². The average molecular weight is 427 g/mol. The van der Waals surface area contributed by atoms with E-state index in [1.165, 1.54) is 24.5 Å². The molecule has 0 bridgehead atoms. The van der Waals surface area contributed by atoms with Crippen molar-refractivity contribution in [3.63, 3.8) is 0 Å². The maximum Gasteiger partial charge on any atom is 0.416 e. The Hall–Kier alpha value is -4.08. The molecule has 0 radical (unpaired) electrons. The molecule has 7 nitrogen and oxygen atoms in total. The molecule has 2 aromatic carbocycles. The molecule has 2 aromatic heterocycles. The maximum atomic E-state index is 12.8. The number of aromatic nitrogens is 3. The summed E-state index contributed by atoms with van der Waals surface area (Å²) in [5, 5.41) is 21.9. The first-order chi connectivity index (χ1) is 14.7. The van der Waals surface area contributed by atoms with Gasteiger partial charge in [0.15, 0.2) is 6.20 Å². The van der Waals surface area contributed by atoms with Crippen molar-refractivity contribution in [2.24, 2.45) is 7.05 Å². The molecular weight excluding hydrogens is 411 g/mol. The van der Waals surface area contributed by atoms with E-state index in [4.69, 9.17) is 0 Å². The number of fused-ring (bicyclic) bond motifs is 1. The number of pyridine rings is 1. The number of benzene rings is 2. The number of hydrogen-bond donors (Lipinski definition) is 2. The standard InChI is InChI=1S/C21H16F3N5O2/c1-28-19-12-29(31)11-18(17(19)10-25-28)13-5-7-15(8-6-13)26-20(30)27-16-4-2-3-14(9-16)21(22,23)24/h2-12H,1H3,(H2,26,27,30). The van der Waals surface area contributed by atoms with Gasteiger partial charge in [0.2, 0.25) is 6.20 Å². The third-order valence-corrected chi connectivity index (χ3v) is 4.68. The summed E-state index contributed by atoms with van der Waals surface area (Å²) < 4.78 is 40.7. The van der Waals surface area contributed by atoms with Crippen LogP contribution < -0.4 is 15.4 Å². The molecule has 2 N–H and O–H groups in total. The molecule has 158 valence electrons. The molecule has 0 aliphatic rings. The fraction of sp³-hybridized carbons (Fsp3) is 0.0952. The summed E-state index contributed by atoms with van der Waals surface area (Å²) in [6.07, 6.45) is 0.0371. The minimum atomic E-state index is -4.50. The van der Waals surface area contributed by atoms with Gasteiger partial charge in [0.25, 0.3) is 0 Å². The fourth-order valence-electron chi connectivity index (χ4n) is 3.19. The number of urea groups is 1. The number of carbonyl (C=O) groups excluding carboxylic acids is 1. The van der Waals surface area contributed by atoms with E-state index in [1.54, 1.807) is 42.2 Å². The van der Waals surface area contributed by atoms with Gasteiger partial charge < -0.3 is 15.8 Å². The van der Waals surface area contributed by atoms with Gasteiger partial charge in [-0.25, -0.2) is 4.79 Å². The van der Waals surface area contributed by atoms with Crippen LogP contribution in [-0.2, 0) is 13.2 Å². The lowest BCUT2D eigenvalue weighted by molar-refractivity contribution is -0.603. The number of rotatable bonds is 3. The first-order valence-electron chi connectivity index (χ1n) is 9.11. The normalized spacial score (nSPS) is 11.5. The summed E-state index contributed by atoms with van der Waals surface area (Å²) in [6.45, 7) is 0. The number of hydrogen-bond acceptors (Lipinski definition) is 3. The van der Waals surface area contributed by atoms with Crippen LogP contribution >= 0.6 is 0 Å². The van der Waals surface area contributed by atoms with Crippen LogP contribution in [0.5, 0.6) is 0 Å². The molecule has 10 heteroatoms. The maximum absolute atomic E-state index is 12.8. The van der Waals surface area contributed by atoms with Gasteiger partial charge in [-0.1, -0.05) is 18.2 Å². The van der Waals surface area contributed by atoms with E-state index in [1.807, 2.05) is 0 Å². The molecule has 4 rings (SSSR count). The first kappa shape index (κ1) is 20.2. The van der Waals surface area contributed by atoms with E-state index in [0.29, 0.717) is 21.5 Å². The molecule has 2 amide bonds. The number of carbonyl (C=O) groups is 1. The van der Waals surface area contributed by atoms with Crippen molar-refractivity contribution in [3.8, 4) is 11.1 Å². The Bertz CT molecular complexity index is 1270. The van der Waals surface area contributed by atoms with E-state index < -0.39 is 17.8 Å². The van der Waals surface area contributed by atoms with Crippen molar-refractivity contribution in [3.05, 3.63) is 77.9 Å². The van der Waals surface area contributed by atoms with Gasteiger partial charge in [-0.15, -0.1) is 0 Å². The minimum Gasteiger partial charge on any atom is -0.619 e. The van der Waals surface area contributed by atoms with Crippen molar-refractivity contribution < 1.29 is 22.7 Å². The zero-order chi connectivity index (χ0) is 22.2. The number of amides is 2. The van der Waals surface area contributed by atoms with Crippen LogP contribution in [0.1, 0.15) is 5.56 Å². The Balaban J connectivity index is 1.50. The van der Waals surface area contributed by atoms with E-state index >= 15 is 0 Å². The Morgan fingerprint density at radius 1 is 1.06 bits per heavy atom. The highest BCUT2D eigenvalue weighted by Crippen LogP contribution is 2.31. The summed E-state index contributed by atoms with van der Waals surface area (Å²) in [5.41, 5.74) is 1.70. The molecule has 31 heavy (non-hydrogen) atoms. The van der Waals surface area contributed by atoms with Crippen molar-refractivity contribution in [2.75, 3.05) is 10.6 Å². The largest absolute Gasteiger partial charge is 0.619 e. The molecular formula is C21H16F3N5O2. The van der Waals surface area contributed by atoms with Gasteiger partial charge >= 0.3 is 12.2 Å². The van der Waals surface area contributed by atoms with Gasteiger partial charge in [-0.2, -0.15) is 23.0 Å². The van der Waals surface area contributed by atoms with Gasteiger partial charge in [-0.3, -0.25) is 4.68 Å². The van der Waals surface area contributed by atoms with Gasteiger partial charge in [0.1, 0.15) is 5.52 Å². The second kappa shape index (κ2) is 7.63. The van der Waals surface area contributed by atoms with Crippen molar-refractivity contribution in [1.29, 1.82) is 0 Å². The average Bonchev–Trinajstić information content (AvgIpc) is 3.08. The third kappa shape index (κ3) is 4.27. The molecule has 0 fully saturated rings. The van der Waals surface area contributed by atoms with Crippen molar-refractivity contribution in [1.82, 2.24) is 9.78 Å². The van der Waals surface area contributed by atoms with Crippen molar-refractivity contribution in [2.45, 2.75) is 6.18 Å². The lowest BCUT2D eigenvalue weighted by Gasteiger charge is -2.11. The fourth-order valence-corrected chi connectivity index (χ4v) is 3.19. The Morgan fingerprint density at radius 2 is 1.77 bits per heavy atom. The topological polar surface area (TPSA) is 85.9 Å². The first-order valence-corrected chi connectivity index (χ1v) is 9.11. The van der Waals surface area contributed by atoms with E-state index in [9.17, 15) is 23.2 Å². The van der Waals surface area contributed by atoms with Crippen LogP contribution in [0.4, 0.5) is 29.3 Å². The highest BCUT2D eigenvalue weighted by Gasteiger charge is 2.30. The molecule has 0 saturated carbocycles. The predicted octanol–water partition coefficient (Wildman–Crippen LogP) is 4.54. The second-order valence-corrected chi connectivity index (χ2v) is 6.83. The zero-order valence-corrected chi connectivity index (χ0v) is 16.1. The third-order valence-electron chi connectivity index (χ3n) is 4.68. The van der Waals surface area contributed by atoms with Crippen LogP contribution in [0.25, 0.3) is 22.0 Å². The van der Waals surface area contributed by atoms with Crippen LogP contribution in [0.15, 0.2) is 67.1 Å². The molecule has 0 unspecified atom stereocenters. The SMILES string of the molecule is Cn1ncc2c(-c3ccc(NC(=O)Nc4cccc(C(F)(F)F)c4)cc3)c[n+]([O-])cc21. The molecule has 4 aromatic rings. The van der Waals surface area contributed by atoms with Crippen LogP contribution in [0.2, 0.25) is 0 Å². The molecule has 0 aliphatic heterocycles. The Morgan fingerprint density at radius 3 is 2.48 bits per heavy atom. The molecule has 2 heterocycles. The van der Waals surface area contributed by atoms with E-state index in [2.05, 4.69) is 15.7 Å². The quantitative estimate of drug-likeness (QED) is 0.372. The lowest BCUT2D eigenvalue weighted by atomic mass is 10.0. The smallest absolute Gasteiger partial charge is 0.416 e. The predicted molar refractivity (Wildman–Crippen MR) is 109 cm³/mol. The second-order valence-electron chi connectivity index (χ2n) is 6.83. The van der Waals surface area contributed by atoms with Gasteiger partial charge in [-0.05, 0) is 35.9 Å². The number of anilines is 2. The molecule has 0 spiro atoms. The summed E-state index contributed by atoms with van der Waals surface area (Å²) in [6, 6.07) is 10.4. The van der Waals surface area contributed by atoms with Crippen LogP contribution in [0.3, 0.4) is 0 Å². The van der Waals surface area contributed by atoms with Crippen LogP contribution in [-0.4, -0.2) is 15.8 Å². The number of halogens is 3. The number of aryl methyl sites for hydroxylation is 1. The van der Waals surface area contributed by atoms with Gasteiger partial charge in [0, 0.05) is 23.8 Å². The summed E-state index contributed by atoms with van der Waals surface area (Å²) in [5.74, 6) is 0. The molecule has 0 atom stereocenters. The zero-order valence-electron chi connectivity index (χ0n) is 16.1. The van der Waals surface area contributed by atoms with E-state index in [-0.39, 0.29) is 5.69 Å². The highest BCUT2D eigenvalue weighted by molar-refractivity contribution is 6.00. The monoisotopic (exact) mass is 427 g/mol. The Labute approximate surface area is 174 Å². The lowest BCUT2D eigenvalue weighted by Crippen LogP contribution is -2.25. The van der Waals surface area contributed by atoms with Gasteiger partial charge in [0.05, 0.1) is 17.3 Å². The highest BCUT2D eigenvalue weighted by atomic mass is 19.4. The minimum absolute atomic E-state index is 0.0206. The number of alkyl halides is 3. The summed E-state index contributed by atoms with van der Waals surface area (Å²) in [7, 11) is 1.74. The molecule has 0 aliphatic carbocycles. The Kier molecular flexibility index (Phi) is 4.97.